The minimum absolute atomic E-state index is 0.671. The Balaban J connectivity index is 2.29. The van der Waals surface area contributed by atoms with Crippen LogP contribution in [0.2, 0.25) is 0 Å². The minimum Gasteiger partial charge on any atom is -0.490 e. The van der Waals surface area contributed by atoms with E-state index in [1.807, 2.05) is 24.7 Å². The Morgan fingerprint density at radius 2 is 2.20 bits per heavy atom. The van der Waals surface area contributed by atoms with Gasteiger partial charge in [0.1, 0.15) is 16.4 Å². The molecule has 0 aromatic carbocycles. The van der Waals surface area contributed by atoms with Crippen LogP contribution in [0.5, 0.6) is 5.75 Å². The molecule has 0 atom stereocenters. The van der Waals surface area contributed by atoms with Gasteiger partial charge in [-0.25, -0.2) is 9.97 Å². The molecule has 6 nitrogen and oxygen atoms in total. The van der Waals surface area contributed by atoms with Crippen molar-refractivity contribution in [2.24, 2.45) is 7.05 Å². The summed E-state index contributed by atoms with van der Waals surface area (Å²) < 4.78 is 7.29. The second-order valence-electron chi connectivity index (χ2n) is 4.34. The molecule has 2 rings (SSSR count). The van der Waals surface area contributed by atoms with E-state index in [-0.39, 0.29) is 0 Å². The van der Waals surface area contributed by atoms with Crippen LogP contribution in [0, 0.1) is 6.92 Å². The molecule has 0 saturated heterocycles. The molecule has 0 aliphatic rings. The zero-order valence-corrected chi connectivity index (χ0v) is 13.0. The molecule has 0 radical (unpaired) electrons. The number of aryl methyl sites for hydroxylation is 2. The molecule has 0 bridgehead atoms. The number of hydrogen-bond donors (Lipinski definition) is 1. The summed E-state index contributed by atoms with van der Waals surface area (Å²) in [5.74, 6) is 1.40. The highest BCUT2D eigenvalue weighted by atomic mass is 32.2. The van der Waals surface area contributed by atoms with E-state index in [9.17, 15) is 0 Å². The van der Waals surface area contributed by atoms with Crippen LogP contribution in [0.25, 0.3) is 0 Å². The fourth-order valence-corrected chi connectivity index (χ4v) is 2.74. The Bertz CT molecular complexity index is 584. The average Bonchev–Trinajstić information content (AvgIpc) is 2.74. The first-order valence-electron chi connectivity index (χ1n) is 6.47. The highest BCUT2D eigenvalue weighted by Crippen LogP contribution is 2.36. The lowest BCUT2D eigenvalue weighted by molar-refractivity contribution is 0.400. The molecule has 108 valence electrons. The fraction of sp³-hybridized carbons (Fsp3) is 0.462. The summed E-state index contributed by atoms with van der Waals surface area (Å²) in [5, 5.41) is 9.38. The monoisotopic (exact) mass is 293 g/mol. The number of nitrogens with zero attached hydrogens (tertiary/aromatic N) is 4. The molecule has 0 aliphatic carbocycles. The van der Waals surface area contributed by atoms with Crippen LogP contribution < -0.4 is 10.1 Å². The van der Waals surface area contributed by atoms with E-state index in [0.29, 0.717) is 5.75 Å². The summed E-state index contributed by atoms with van der Waals surface area (Å²) in [4.78, 5) is 8.54. The quantitative estimate of drug-likeness (QED) is 0.826. The van der Waals surface area contributed by atoms with Crippen molar-refractivity contribution in [2.45, 2.75) is 30.3 Å². The summed E-state index contributed by atoms with van der Waals surface area (Å²) in [7, 11) is 3.55. The lowest BCUT2D eigenvalue weighted by Crippen LogP contribution is -2.05. The Morgan fingerprint density at radius 1 is 1.40 bits per heavy atom. The topological polar surface area (TPSA) is 64.9 Å². The van der Waals surface area contributed by atoms with Crippen LogP contribution in [0.4, 0.5) is 5.82 Å². The van der Waals surface area contributed by atoms with Gasteiger partial charge in [-0.2, -0.15) is 5.10 Å². The summed E-state index contributed by atoms with van der Waals surface area (Å²) in [5.41, 5.74) is 0.979. The van der Waals surface area contributed by atoms with Gasteiger partial charge in [-0.15, -0.1) is 0 Å². The Morgan fingerprint density at radius 3 is 2.80 bits per heavy atom. The van der Waals surface area contributed by atoms with E-state index in [1.54, 1.807) is 13.4 Å². The second kappa shape index (κ2) is 6.60. The zero-order valence-electron chi connectivity index (χ0n) is 12.2. The standard InChI is InChI=1S/C13H19N5OS/c1-5-6-14-12-11(19-4)13(16-8-15-12)20-10-7-9(2)17-18(10)3/h7-8H,5-6H2,1-4H3,(H,14,15,16). The maximum absolute atomic E-state index is 5.45. The van der Waals surface area contributed by atoms with Gasteiger partial charge < -0.3 is 10.1 Å². The Hall–Kier alpha value is -1.76. The first-order valence-corrected chi connectivity index (χ1v) is 7.28. The summed E-state index contributed by atoms with van der Waals surface area (Å²) in [6.45, 7) is 4.92. The van der Waals surface area contributed by atoms with Gasteiger partial charge in [-0.3, -0.25) is 4.68 Å². The van der Waals surface area contributed by atoms with Crippen LogP contribution in [0.15, 0.2) is 22.4 Å². The molecule has 0 unspecified atom stereocenters. The molecular weight excluding hydrogens is 274 g/mol. The number of hydrogen-bond acceptors (Lipinski definition) is 6. The highest BCUT2D eigenvalue weighted by Gasteiger charge is 2.15. The fourth-order valence-electron chi connectivity index (χ4n) is 1.77. The smallest absolute Gasteiger partial charge is 0.194 e. The number of nitrogens with one attached hydrogen (secondary N) is 1. The van der Waals surface area contributed by atoms with Gasteiger partial charge >= 0.3 is 0 Å². The van der Waals surface area contributed by atoms with Crippen molar-refractivity contribution in [3.05, 3.63) is 18.1 Å². The molecule has 0 amide bonds. The first-order chi connectivity index (χ1) is 9.65. The van der Waals surface area contributed by atoms with Crippen LogP contribution in [0.1, 0.15) is 19.0 Å². The zero-order chi connectivity index (χ0) is 14.5. The van der Waals surface area contributed by atoms with Crippen molar-refractivity contribution in [1.29, 1.82) is 0 Å². The third kappa shape index (κ3) is 3.22. The predicted octanol–water partition coefficient (Wildman–Crippen LogP) is 2.50. The normalized spacial score (nSPS) is 10.6. The van der Waals surface area contributed by atoms with Crippen LogP contribution in [0.3, 0.4) is 0 Å². The van der Waals surface area contributed by atoms with Gasteiger partial charge in [0.2, 0.25) is 0 Å². The largest absolute Gasteiger partial charge is 0.490 e. The number of aromatic nitrogens is 4. The SMILES string of the molecule is CCCNc1ncnc(Sc2cc(C)nn2C)c1OC. The van der Waals surface area contributed by atoms with E-state index in [4.69, 9.17) is 4.74 Å². The molecule has 20 heavy (non-hydrogen) atoms. The Kier molecular flexibility index (Phi) is 4.84. The lowest BCUT2D eigenvalue weighted by Gasteiger charge is -2.12. The Labute approximate surface area is 123 Å². The van der Waals surface area contributed by atoms with Gasteiger partial charge in [0.05, 0.1) is 12.8 Å². The van der Waals surface area contributed by atoms with Crippen molar-refractivity contribution in [2.75, 3.05) is 19.0 Å². The molecule has 2 aromatic heterocycles. The van der Waals surface area contributed by atoms with Gasteiger partial charge in [-0.1, -0.05) is 6.92 Å². The number of anilines is 1. The molecule has 0 aliphatic heterocycles. The molecular formula is C13H19N5OS. The van der Waals surface area contributed by atoms with Crippen molar-refractivity contribution >= 4 is 17.6 Å². The third-order valence-electron chi connectivity index (χ3n) is 2.68. The van der Waals surface area contributed by atoms with E-state index in [2.05, 4.69) is 27.3 Å². The van der Waals surface area contributed by atoms with Crippen LogP contribution in [-0.2, 0) is 7.05 Å². The minimum atomic E-state index is 0.671. The second-order valence-corrected chi connectivity index (χ2v) is 5.35. The maximum Gasteiger partial charge on any atom is 0.194 e. The third-order valence-corrected chi connectivity index (χ3v) is 3.75. The summed E-state index contributed by atoms with van der Waals surface area (Å²) in [6.07, 6.45) is 2.57. The van der Waals surface area contributed by atoms with Crippen molar-refractivity contribution in [3.63, 3.8) is 0 Å². The van der Waals surface area contributed by atoms with Gasteiger partial charge in [0.15, 0.2) is 11.6 Å². The summed E-state index contributed by atoms with van der Waals surface area (Å²) in [6, 6.07) is 2.02. The van der Waals surface area contributed by atoms with E-state index < -0.39 is 0 Å². The van der Waals surface area contributed by atoms with Gasteiger partial charge in [0, 0.05) is 13.6 Å². The lowest BCUT2D eigenvalue weighted by atomic mass is 10.4. The molecule has 0 saturated carbocycles. The van der Waals surface area contributed by atoms with Crippen LogP contribution >= 0.6 is 11.8 Å². The molecule has 7 heteroatoms. The van der Waals surface area contributed by atoms with E-state index in [0.717, 1.165) is 34.5 Å². The average molecular weight is 293 g/mol. The molecule has 0 spiro atoms. The van der Waals surface area contributed by atoms with Gasteiger partial charge in [-0.05, 0) is 31.2 Å². The maximum atomic E-state index is 5.45. The van der Waals surface area contributed by atoms with Gasteiger partial charge in [0.25, 0.3) is 0 Å². The van der Waals surface area contributed by atoms with Crippen molar-refractivity contribution in [1.82, 2.24) is 19.7 Å². The highest BCUT2D eigenvalue weighted by molar-refractivity contribution is 7.99. The molecule has 1 N–H and O–H groups in total. The first kappa shape index (κ1) is 14.6. The van der Waals surface area contributed by atoms with Crippen LogP contribution in [-0.4, -0.2) is 33.4 Å². The molecule has 0 fully saturated rings. The molecule has 2 heterocycles. The molecule has 2 aromatic rings. The van der Waals surface area contributed by atoms with E-state index in [1.165, 1.54) is 11.8 Å². The number of methoxy groups -OCH3 is 1. The predicted molar refractivity (Wildman–Crippen MR) is 79.4 cm³/mol. The summed E-state index contributed by atoms with van der Waals surface area (Å²) >= 11 is 1.52. The van der Waals surface area contributed by atoms with Crippen molar-refractivity contribution in [3.8, 4) is 5.75 Å². The number of ether oxygens (including phenoxy) is 1. The van der Waals surface area contributed by atoms with Crippen molar-refractivity contribution < 1.29 is 4.74 Å². The van der Waals surface area contributed by atoms with E-state index >= 15 is 0 Å². The number of rotatable bonds is 6.